The summed E-state index contributed by atoms with van der Waals surface area (Å²) in [5.74, 6) is 4.76. The van der Waals surface area contributed by atoms with E-state index in [0.29, 0.717) is 18.9 Å². The van der Waals surface area contributed by atoms with Crippen molar-refractivity contribution in [3.63, 3.8) is 0 Å². The molecule has 1 heterocycles. The van der Waals surface area contributed by atoms with E-state index >= 15 is 0 Å². The number of carbonyl (C=O) groups excluding carboxylic acids is 1. The van der Waals surface area contributed by atoms with Gasteiger partial charge in [-0.25, -0.2) is 0 Å². The molecule has 3 rings (SSSR count). The number of hydrogen-bond donors (Lipinski definition) is 1. The molecule has 5 nitrogen and oxygen atoms in total. The van der Waals surface area contributed by atoms with Gasteiger partial charge in [0.15, 0.2) is 0 Å². The van der Waals surface area contributed by atoms with E-state index in [4.69, 9.17) is 15.9 Å². The number of ether oxygens (including phenoxy) is 2. The molecule has 1 amide bonds. The molecule has 5 heteroatoms. The molecule has 0 saturated carbocycles. The molecule has 0 aromatic heterocycles. The molecule has 0 radical (unpaired) electrons. The van der Waals surface area contributed by atoms with E-state index in [-0.39, 0.29) is 5.91 Å². The normalized spacial score (nSPS) is 16.4. The van der Waals surface area contributed by atoms with Gasteiger partial charge in [-0.3, -0.25) is 9.69 Å². The number of carbonyl (C=O) groups is 1. The summed E-state index contributed by atoms with van der Waals surface area (Å²) in [6, 6.07) is 13.9. The topological polar surface area (TPSA) is 50.8 Å². The Hall–Kier alpha value is -2.97. The molecule has 2 aromatic rings. The van der Waals surface area contributed by atoms with Crippen molar-refractivity contribution < 1.29 is 14.3 Å². The van der Waals surface area contributed by atoms with Gasteiger partial charge in [-0.2, -0.15) is 0 Å². The van der Waals surface area contributed by atoms with Crippen LogP contribution in [-0.2, 0) is 17.9 Å². The Labute approximate surface area is 185 Å². The third-order valence-electron chi connectivity index (χ3n) is 5.88. The van der Waals surface area contributed by atoms with Crippen molar-refractivity contribution in [1.82, 2.24) is 10.2 Å². The van der Waals surface area contributed by atoms with E-state index in [2.05, 4.69) is 28.3 Å². The van der Waals surface area contributed by atoms with Crippen LogP contribution >= 0.6 is 0 Å². The van der Waals surface area contributed by atoms with Gasteiger partial charge in [0.1, 0.15) is 11.5 Å². The fraction of sp³-hybridized carbons (Fsp3) is 0.423. The minimum atomic E-state index is 0.0832. The highest BCUT2D eigenvalue weighted by atomic mass is 16.5. The van der Waals surface area contributed by atoms with Crippen molar-refractivity contribution in [2.75, 3.05) is 27.3 Å². The molecule has 1 aliphatic rings. The Kier molecular flexibility index (Phi) is 8.37. The molecule has 0 aliphatic carbocycles. The van der Waals surface area contributed by atoms with Crippen molar-refractivity contribution in [2.24, 2.45) is 5.92 Å². The summed E-state index contributed by atoms with van der Waals surface area (Å²) in [4.78, 5) is 14.9. The molecule has 0 spiro atoms. The van der Waals surface area contributed by atoms with E-state index in [1.54, 1.807) is 14.2 Å². The van der Waals surface area contributed by atoms with Crippen LogP contribution in [0.1, 0.15) is 42.4 Å². The Morgan fingerprint density at radius 3 is 2.71 bits per heavy atom. The zero-order valence-electron chi connectivity index (χ0n) is 18.5. The third-order valence-corrected chi connectivity index (χ3v) is 5.88. The van der Waals surface area contributed by atoms with Crippen LogP contribution in [0.2, 0.25) is 0 Å². The van der Waals surface area contributed by atoms with Gasteiger partial charge in [-0.15, -0.1) is 6.42 Å². The second kappa shape index (κ2) is 11.4. The Balaban J connectivity index is 1.43. The fourth-order valence-corrected chi connectivity index (χ4v) is 4.11. The first-order valence-electron chi connectivity index (χ1n) is 10.9. The summed E-state index contributed by atoms with van der Waals surface area (Å²) in [5.41, 5.74) is 3.14. The number of nitrogens with zero attached hydrogens (tertiary/aromatic N) is 1. The zero-order valence-corrected chi connectivity index (χ0v) is 18.5. The van der Waals surface area contributed by atoms with Crippen LogP contribution in [-0.4, -0.2) is 38.1 Å². The summed E-state index contributed by atoms with van der Waals surface area (Å²) in [6.07, 6.45) is 9.27. The number of rotatable bonds is 9. The molecule has 0 bridgehead atoms. The summed E-state index contributed by atoms with van der Waals surface area (Å²) in [6.45, 7) is 3.54. The maximum Gasteiger partial charge on any atom is 0.220 e. The second-order valence-electron chi connectivity index (χ2n) is 8.08. The molecular weight excluding hydrogens is 388 g/mol. The van der Waals surface area contributed by atoms with Crippen molar-refractivity contribution in [3.05, 3.63) is 59.2 Å². The van der Waals surface area contributed by atoms with Crippen LogP contribution in [0.5, 0.6) is 11.5 Å². The Morgan fingerprint density at radius 2 is 2.00 bits per heavy atom. The Morgan fingerprint density at radius 1 is 1.19 bits per heavy atom. The smallest absolute Gasteiger partial charge is 0.220 e. The van der Waals surface area contributed by atoms with Crippen LogP contribution in [0.25, 0.3) is 0 Å². The highest BCUT2D eigenvalue weighted by Gasteiger charge is 2.20. The van der Waals surface area contributed by atoms with Gasteiger partial charge in [0.2, 0.25) is 5.91 Å². The monoisotopic (exact) mass is 420 g/mol. The van der Waals surface area contributed by atoms with Crippen molar-refractivity contribution >= 4 is 5.91 Å². The summed E-state index contributed by atoms with van der Waals surface area (Å²) in [7, 11) is 3.25. The van der Waals surface area contributed by atoms with Crippen LogP contribution in [0, 0.1) is 18.3 Å². The number of amides is 1. The summed E-state index contributed by atoms with van der Waals surface area (Å²) in [5, 5.41) is 3.02. The number of nitrogens with one attached hydrogen (secondary N) is 1. The summed E-state index contributed by atoms with van der Waals surface area (Å²) < 4.78 is 10.6. The van der Waals surface area contributed by atoms with E-state index in [0.717, 1.165) is 48.7 Å². The average Bonchev–Trinajstić information content (AvgIpc) is 2.82. The lowest BCUT2D eigenvalue weighted by atomic mass is 9.93. The first-order valence-corrected chi connectivity index (χ1v) is 10.9. The first-order chi connectivity index (χ1) is 15.1. The number of terminal acetylenes is 1. The third kappa shape index (κ3) is 6.77. The van der Waals surface area contributed by atoms with Gasteiger partial charge >= 0.3 is 0 Å². The standard InChI is InChI=1S/C26H32N2O3/c1-4-20-7-9-22(10-8-20)19-28-15-5-6-21(18-28)11-14-26(29)27-17-23-12-13-24(30-2)16-25(23)31-3/h1,7-10,12-13,16,21H,5-6,11,14-15,17-19H2,2-3H3,(H,27,29). The molecule has 1 N–H and O–H groups in total. The molecule has 1 atom stereocenters. The van der Waals surface area contributed by atoms with Gasteiger partial charge in [-0.05, 0) is 61.6 Å². The van der Waals surface area contributed by atoms with Crippen molar-refractivity contribution in [1.29, 1.82) is 0 Å². The minimum Gasteiger partial charge on any atom is -0.497 e. The van der Waals surface area contributed by atoms with E-state index in [1.807, 2.05) is 30.3 Å². The van der Waals surface area contributed by atoms with Gasteiger partial charge in [0.05, 0.1) is 14.2 Å². The zero-order chi connectivity index (χ0) is 22.1. The lowest BCUT2D eigenvalue weighted by Gasteiger charge is -2.32. The van der Waals surface area contributed by atoms with Gasteiger partial charge in [0.25, 0.3) is 0 Å². The fourth-order valence-electron chi connectivity index (χ4n) is 4.11. The minimum absolute atomic E-state index is 0.0832. The molecule has 31 heavy (non-hydrogen) atoms. The largest absolute Gasteiger partial charge is 0.497 e. The maximum absolute atomic E-state index is 12.4. The number of benzene rings is 2. The lowest BCUT2D eigenvalue weighted by molar-refractivity contribution is -0.121. The maximum atomic E-state index is 12.4. The SMILES string of the molecule is C#Cc1ccc(CN2CCCC(CCC(=O)NCc3ccc(OC)cc3OC)C2)cc1. The highest BCUT2D eigenvalue weighted by Crippen LogP contribution is 2.25. The van der Waals surface area contributed by atoms with E-state index in [1.165, 1.54) is 18.4 Å². The molecule has 1 fully saturated rings. The van der Waals surface area contributed by atoms with E-state index < -0.39 is 0 Å². The quantitative estimate of drug-likeness (QED) is 0.623. The molecule has 1 aliphatic heterocycles. The van der Waals surface area contributed by atoms with Gasteiger partial charge in [-0.1, -0.05) is 18.1 Å². The lowest BCUT2D eigenvalue weighted by Crippen LogP contribution is -2.35. The predicted molar refractivity (Wildman–Crippen MR) is 123 cm³/mol. The van der Waals surface area contributed by atoms with Gasteiger partial charge < -0.3 is 14.8 Å². The van der Waals surface area contributed by atoms with Crippen molar-refractivity contribution in [2.45, 2.75) is 38.8 Å². The first kappa shape index (κ1) is 22.7. The molecule has 2 aromatic carbocycles. The molecule has 1 saturated heterocycles. The number of piperidine rings is 1. The van der Waals surface area contributed by atoms with Crippen LogP contribution in [0.3, 0.4) is 0 Å². The van der Waals surface area contributed by atoms with Gasteiger partial charge in [0, 0.05) is 43.2 Å². The molecular formula is C26H32N2O3. The molecule has 164 valence electrons. The summed E-state index contributed by atoms with van der Waals surface area (Å²) >= 11 is 0. The van der Waals surface area contributed by atoms with Crippen molar-refractivity contribution in [3.8, 4) is 23.8 Å². The predicted octanol–water partition coefficient (Wildman–Crippen LogP) is 3.99. The molecule has 1 unspecified atom stereocenters. The number of methoxy groups -OCH3 is 2. The Bertz CT molecular complexity index is 902. The van der Waals surface area contributed by atoms with Crippen LogP contribution in [0.15, 0.2) is 42.5 Å². The average molecular weight is 421 g/mol. The highest BCUT2D eigenvalue weighted by molar-refractivity contribution is 5.75. The number of hydrogen-bond acceptors (Lipinski definition) is 4. The number of likely N-dealkylation sites (tertiary alicyclic amines) is 1. The van der Waals surface area contributed by atoms with E-state index in [9.17, 15) is 4.79 Å². The second-order valence-corrected chi connectivity index (χ2v) is 8.08. The van der Waals surface area contributed by atoms with Crippen LogP contribution < -0.4 is 14.8 Å². The van der Waals surface area contributed by atoms with Crippen LogP contribution in [0.4, 0.5) is 0 Å².